The summed E-state index contributed by atoms with van der Waals surface area (Å²) < 4.78 is 0. The molecule has 1 heterocycles. The molecule has 0 saturated carbocycles. The summed E-state index contributed by atoms with van der Waals surface area (Å²) in [6.45, 7) is 4.38. The van der Waals surface area contributed by atoms with E-state index in [1.165, 1.54) is 11.3 Å². The van der Waals surface area contributed by atoms with E-state index in [0.717, 1.165) is 27.8 Å². The predicted octanol–water partition coefficient (Wildman–Crippen LogP) is 5.63. The van der Waals surface area contributed by atoms with Crippen LogP contribution in [0.4, 0.5) is 5.13 Å². The summed E-state index contributed by atoms with van der Waals surface area (Å²) in [5.74, 6) is -0.249. The van der Waals surface area contributed by atoms with Gasteiger partial charge in [0.25, 0.3) is 5.91 Å². The highest BCUT2D eigenvalue weighted by molar-refractivity contribution is 7.18. The largest absolute Gasteiger partial charge is 0.335 e. The molecule has 4 rings (SSSR count). The third kappa shape index (κ3) is 5.26. The van der Waals surface area contributed by atoms with Gasteiger partial charge in [-0.2, -0.15) is 0 Å². The van der Waals surface area contributed by atoms with Crippen LogP contribution in [0.3, 0.4) is 0 Å². The van der Waals surface area contributed by atoms with Crippen molar-refractivity contribution in [2.75, 3.05) is 11.9 Å². The number of carbonyl (C=O) groups is 2. The summed E-state index contributed by atoms with van der Waals surface area (Å²) in [7, 11) is 0. The molecule has 4 aromatic rings. The van der Waals surface area contributed by atoms with Crippen molar-refractivity contribution >= 4 is 39.1 Å². The Labute approximate surface area is 197 Å². The van der Waals surface area contributed by atoms with Gasteiger partial charge in [0.2, 0.25) is 11.0 Å². The van der Waals surface area contributed by atoms with E-state index in [4.69, 9.17) is 0 Å². The SMILES string of the molecule is CCC(C)N(CCC(=O)Nc1nnc(-c2ccccc2)s1)C(=O)c1cccc2ccccc12. The average molecular weight is 459 g/mol. The molecule has 7 heteroatoms. The van der Waals surface area contributed by atoms with E-state index in [0.29, 0.717) is 17.2 Å². The second-order valence-electron chi connectivity index (χ2n) is 7.86. The maximum absolute atomic E-state index is 13.5. The van der Waals surface area contributed by atoms with Crippen LogP contribution in [0.1, 0.15) is 37.0 Å². The molecule has 0 aliphatic heterocycles. The van der Waals surface area contributed by atoms with E-state index >= 15 is 0 Å². The third-order valence-corrected chi connectivity index (χ3v) is 6.56. The minimum Gasteiger partial charge on any atom is -0.335 e. The third-order valence-electron chi connectivity index (χ3n) is 5.68. The normalized spacial score (nSPS) is 11.8. The van der Waals surface area contributed by atoms with E-state index in [2.05, 4.69) is 15.5 Å². The van der Waals surface area contributed by atoms with Gasteiger partial charge in [-0.15, -0.1) is 10.2 Å². The van der Waals surface area contributed by atoms with Crippen LogP contribution in [-0.2, 0) is 4.79 Å². The lowest BCUT2D eigenvalue weighted by molar-refractivity contribution is -0.116. The molecule has 1 N–H and O–H groups in total. The van der Waals surface area contributed by atoms with Crippen molar-refractivity contribution in [2.24, 2.45) is 0 Å². The van der Waals surface area contributed by atoms with Gasteiger partial charge in [0.15, 0.2) is 0 Å². The van der Waals surface area contributed by atoms with Crippen LogP contribution in [0, 0.1) is 0 Å². The Bertz CT molecular complexity index is 1250. The second-order valence-corrected chi connectivity index (χ2v) is 8.84. The van der Waals surface area contributed by atoms with Crippen LogP contribution in [0.15, 0.2) is 72.8 Å². The Balaban J connectivity index is 1.44. The zero-order valence-electron chi connectivity index (χ0n) is 18.7. The van der Waals surface area contributed by atoms with E-state index in [9.17, 15) is 9.59 Å². The molecule has 0 saturated heterocycles. The van der Waals surface area contributed by atoms with Gasteiger partial charge >= 0.3 is 0 Å². The first kappa shape index (κ1) is 22.6. The Kier molecular flexibility index (Phi) is 7.10. The van der Waals surface area contributed by atoms with Crippen LogP contribution < -0.4 is 5.32 Å². The molecule has 0 aliphatic carbocycles. The van der Waals surface area contributed by atoms with Crippen LogP contribution in [0.2, 0.25) is 0 Å². The first-order valence-corrected chi connectivity index (χ1v) is 11.9. The molecule has 0 radical (unpaired) electrons. The van der Waals surface area contributed by atoms with E-state index in [1.807, 2.05) is 86.6 Å². The van der Waals surface area contributed by atoms with Gasteiger partial charge in [-0.1, -0.05) is 85.0 Å². The highest BCUT2D eigenvalue weighted by Gasteiger charge is 2.23. The fraction of sp³-hybridized carbons (Fsp3) is 0.231. The number of rotatable bonds is 8. The first-order chi connectivity index (χ1) is 16.1. The number of hydrogen-bond donors (Lipinski definition) is 1. The van der Waals surface area contributed by atoms with E-state index < -0.39 is 0 Å². The number of nitrogens with one attached hydrogen (secondary N) is 1. The lowest BCUT2D eigenvalue weighted by Gasteiger charge is -2.29. The smallest absolute Gasteiger partial charge is 0.254 e. The van der Waals surface area contributed by atoms with Gasteiger partial charge in [0, 0.05) is 30.1 Å². The van der Waals surface area contributed by atoms with Crippen molar-refractivity contribution in [3.05, 3.63) is 78.4 Å². The fourth-order valence-electron chi connectivity index (χ4n) is 3.68. The topological polar surface area (TPSA) is 75.2 Å². The van der Waals surface area contributed by atoms with Crippen LogP contribution in [-0.4, -0.2) is 39.5 Å². The number of nitrogens with zero attached hydrogens (tertiary/aromatic N) is 3. The fourth-order valence-corrected chi connectivity index (χ4v) is 4.45. The molecule has 0 spiro atoms. The Morgan fingerprint density at radius 1 is 0.970 bits per heavy atom. The van der Waals surface area contributed by atoms with Crippen LogP contribution in [0.25, 0.3) is 21.3 Å². The minimum atomic E-state index is -0.190. The molecule has 1 unspecified atom stereocenters. The number of anilines is 1. The van der Waals surface area contributed by atoms with Crippen LogP contribution >= 0.6 is 11.3 Å². The molecule has 6 nitrogen and oxygen atoms in total. The van der Waals surface area contributed by atoms with E-state index in [-0.39, 0.29) is 24.3 Å². The van der Waals surface area contributed by atoms with Gasteiger partial charge < -0.3 is 10.2 Å². The van der Waals surface area contributed by atoms with Gasteiger partial charge in [-0.25, -0.2) is 0 Å². The lowest BCUT2D eigenvalue weighted by atomic mass is 10.0. The highest BCUT2D eigenvalue weighted by atomic mass is 32.1. The predicted molar refractivity (Wildman–Crippen MR) is 133 cm³/mol. The molecular formula is C26H26N4O2S. The number of hydrogen-bond acceptors (Lipinski definition) is 5. The summed E-state index contributed by atoms with van der Waals surface area (Å²) in [6.07, 6.45) is 0.982. The van der Waals surface area contributed by atoms with Crippen molar-refractivity contribution in [2.45, 2.75) is 32.7 Å². The van der Waals surface area contributed by atoms with Gasteiger partial charge in [-0.3, -0.25) is 9.59 Å². The number of benzene rings is 3. The molecule has 168 valence electrons. The van der Waals surface area contributed by atoms with Gasteiger partial charge in [0.1, 0.15) is 5.01 Å². The average Bonchev–Trinajstić information content (AvgIpc) is 3.32. The van der Waals surface area contributed by atoms with Crippen molar-refractivity contribution in [1.82, 2.24) is 15.1 Å². The summed E-state index contributed by atoms with van der Waals surface area (Å²) in [4.78, 5) is 27.9. The highest BCUT2D eigenvalue weighted by Crippen LogP contribution is 2.26. The summed E-state index contributed by atoms with van der Waals surface area (Å²) in [5.41, 5.74) is 1.62. The maximum Gasteiger partial charge on any atom is 0.254 e. The maximum atomic E-state index is 13.5. The summed E-state index contributed by atoms with van der Waals surface area (Å²) in [6, 6.07) is 23.3. The van der Waals surface area contributed by atoms with E-state index in [1.54, 1.807) is 4.90 Å². The van der Waals surface area contributed by atoms with Gasteiger partial charge in [0.05, 0.1) is 0 Å². The van der Waals surface area contributed by atoms with Crippen molar-refractivity contribution < 1.29 is 9.59 Å². The van der Waals surface area contributed by atoms with Crippen molar-refractivity contribution in [3.8, 4) is 10.6 Å². The molecule has 1 atom stereocenters. The zero-order chi connectivity index (χ0) is 23.2. The molecular weight excluding hydrogens is 432 g/mol. The first-order valence-electron chi connectivity index (χ1n) is 11.0. The molecule has 2 amide bonds. The number of carbonyl (C=O) groups excluding carboxylic acids is 2. The molecule has 0 aliphatic rings. The summed E-state index contributed by atoms with van der Waals surface area (Å²) >= 11 is 1.33. The standard InChI is InChI=1S/C26H26N4O2S/c1-3-18(2)30(25(32)22-15-9-13-19-10-7-8-14-21(19)22)17-16-23(31)27-26-29-28-24(33-26)20-11-5-4-6-12-20/h4-15,18H,3,16-17H2,1-2H3,(H,27,29,31). The molecule has 33 heavy (non-hydrogen) atoms. The monoisotopic (exact) mass is 458 g/mol. The van der Waals surface area contributed by atoms with Crippen molar-refractivity contribution in [1.29, 1.82) is 0 Å². The summed E-state index contributed by atoms with van der Waals surface area (Å²) in [5, 5.41) is 14.2. The Morgan fingerprint density at radius 3 is 2.48 bits per heavy atom. The molecule has 1 aromatic heterocycles. The van der Waals surface area contributed by atoms with Crippen LogP contribution in [0.5, 0.6) is 0 Å². The molecule has 0 fully saturated rings. The minimum absolute atomic E-state index is 0.00970. The Hall–Kier alpha value is -3.58. The van der Waals surface area contributed by atoms with Gasteiger partial charge in [-0.05, 0) is 30.2 Å². The molecule has 3 aromatic carbocycles. The van der Waals surface area contributed by atoms with Crippen molar-refractivity contribution in [3.63, 3.8) is 0 Å². The number of amides is 2. The lowest BCUT2D eigenvalue weighted by Crippen LogP contribution is -2.40. The number of aromatic nitrogens is 2. The quantitative estimate of drug-likeness (QED) is 0.371. The number of fused-ring (bicyclic) bond motifs is 1. The molecule has 0 bridgehead atoms. The Morgan fingerprint density at radius 2 is 1.70 bits per heavy atom. The second kappa shape index (κ2) is 10.4. The zero-order valence-corrected chi connectivity index (χ0v) is 19.5.